The van der Waals surface area contributed by atoms with Gasteiger partial charge in [0.1, 0.15) is 0 Å². The predicted molar refractivity (Wildman–Crippen MR) is 119 cm³/mol. The Bertz CT molecular complexity index is 967. The van der Waals surface area contributed by atoms with E-state index in [1.54, 1.807) is 36.9 Å². The molecule has 1 atom stereocenters. The first-order valence-corrected chi connectivity index (χ1v) is 11.2. The average molecular weight is 495 g/mol. The molecule has 1 aliphatic heterocycles. The van der Waals surface area contributed by atoms with Crippen molar-refractivity contribution in [3.05, 3.63) is 73.7 Å². The number of allylic oxidation sites excluding steroid dienone is 1. The van der Waals surface area contributed by atoms with Crippen molar-refractivity contribution in [1.29, 1.82) is 0 Å². The van der Waals surface area contributed by atoms with E-state index in [-0.39, 0.29) is 32.6 Å². The molecule has 1 fully saturated rings. The van der Waals surface area contributed by atoms with Crippen LogP contribution < -0.4 is 5.32 Å². The zero-order valence-electron chi connectivity index (χ0n) is 15.7. The zero-order chi connectivity index (χ0) is 22.1. The van der Waals surface area contributed by atoms with Gasteiger partial charge in [0.05, 0.1) is 21.0 Å². The van der Waals surface area contributed by atoms with Crippen molar-refractivity contribution in [2.24, 2.45) is 0 Å². The Labute approximate surface area is 191 Å². The molecule has 0 radical (unpaired) electrons. The molecular weight excluding hydrogens is 478 g/mol. The molecule has 160 valence electrons. The predicted octanol–water partition coefficient (Wildman–Crippen LogP) is 7.16. The maximum absolute atomic E-state index is 13.7. The third-order valence-electron chi connectivity index (χ3n) is 4.67. The first kappa shape index (κ1) is 23.3. The van der Waals surface area contributed by atoms with Gasteiger partial charge in [-0.2, -0.15) is 24.9 Å². The van der Waals surface area contributed by atoms with Gasteiger partial charge in [-0.1, -0.05) is 59.1 Å². The molecule has 1 N–H and O–H groups in total. The number of carbonyl (C=O) groups is 1. The number of carbonyl (C=O) groups excluding carboxylic acids is 1. The molecule has 0 aromatic heterocycles. The van der Waals surface area contributed by atoms with Crippen molar-refractivity contribution in [3.8, 4) is 0 Å². The van der Waals surface area contributed by atoms with Gasteiger partial charge in [0.15, 0.2) is 0 Å². The monoisotopic (exact) mass is 493 g/mol. The number of hydrogen-bond acceptors (Lipinski definition) is 2. The second kappa shape index (κ2) is 9.43. The summed E-state index contributed by atoms with van der Waals surface area (Å²) < 4.78 is 41.0. The third-order valence-corrected chi connectivity index (χ3v) is 7.14. The fourth-order valence-electron chi connectivity index (χ4n) is 3.00. The molecular formula is C21H17Cl3F3NOS. The summed E-state index contributed by atoms with van der Waals surface area (Å²) in [5.74, 6) is -0.303. The summed E-state index contributed by atoms with van der Waals surface area (Å²) >= 11 is 19.4. The highest BCUT2D eigenvalue weighted by molar-refractivity contribution is 8.00. The summed E-state index contributed by atoms with van der Waals surface area (Å²) in [6.07, 6.45) is -2.14. The molecule has 0 bridgehead atoms. The smallest absolute Gasteiger partial charge is 0.348 e. The summed E-state index contributed by atoms with van der Waals surface area (Å²) in [5.41, 5.74) is 1.63. The zero-order valence-corrected chi connectivity index (χ0v) is 18.8. The van der Waals surface area contributed by atoms with Crippen LogP contribution in [0.5, 0.6) is 0 Å². The molecule has 3 rings (SSSR count). The Hall–Kier alpha value is -1.34. The van der Waals surface area contributed by atoms with E-state index in [1.165, 1.54) is 6.08 Å². The van der Waals surface area contributed by atoms with Crippen molar-refractivity contribution in [2.75, 3.05) is 11.5 Å². The SMILES string of the molecule is Cc1cc(/C=C/C(c2cc(Cl)c(Cl)c(Cl)c2)C(F)(F)F)ccc1C(=O)NC1CSC1. The molecule has 0 spiro atoms. The first-order valence-electron chi connectivity index (χ1n) is 8.95. The number of rotatable bonds is 5. The molecule has 9 heteroatoms. The summed E-state index contributed by atoms with van der Waals surface area (Å²) in [5, 5.41) is 2.86. The number of halogens is 6. The molecule has 2 aromatic carbocycles. The Morgan fingerprint density at radius 1 is 1.17 bits per heavy atom. The van der Waals surface area contributed by atoms with E-state index in [9.17, 15) is 18.0 Å². The van der Waals surface area contributed by atoms with Gasteiger partial charge in [-0.3, -0.25) is 4.79 Å². The van der Waals surface area contributed by atoms with Gasteiger partial charge in [-0.15, -0.1) is 0 Å². The summed E-state index contributed by atoms with van der Waals surface area (Å²) in [6, 6.07) is 7.41. The topological polar surface area (TPSA) is 29.1 Å². The van der Waals surface area contributed by atoms with Crippen LogP contribution >= 0.6 is 46.6 Å². The molecule has 0 saturated carbocycles. The molecule has 1 aliphatic rings. The Kier molecular flexibility index (Phi) is 7.33. The van der Waals surface area contributed by atoms with E-state index in [1.807, 2.05) is 0 Å². The first-order chi connectivity index (χ1) is 14.1. The lowest BCUT2D eigenvalue weighted by Crippen LogP contribution is -2.44. The minimum Gasteiger partial charge on any atom is -0.348 e. The van der Waals surface area contributed by atoms with Crippen molar-refractivity contribution < 1.29 is 18.0 Å². The van der Waals surface area contributed by atoms with Crippen molar-refractivity contribution >= 4 is 58.5 Å². The minimum atomic E-state index is -4.55. The molecule has 1 unspecified atom stereocenters. The van der Waals surface area contributed by atoms with Crippen molar-refractivity contribution in [2.45, 2.75) is 25.1 Å². The van der Waals surface area contributed by atoms with E-state index in [0.29, 0.717) is 16.7 Å². The van der Waals surface area contributed by atoms with E-state index in [2.05, 4.69) is 5.32 Å². The number of aryl methyl sites for hydroxylation is 1. The van der Waals surface area contributed by atoms with Crippen LogP contribution in [-0.4, -0.2) is 29.6 Å². The number of hydrogen-bond donors (Lipinski definition) is 1. The van der Waals surface area contributed by atoms with Gasteiger partial charge in [0.25, 0.3) is 5.91 Å². The number of alkyl halides is 3. The van der Waals surface area contributed by atoms with Crippen LogP contribution in [-0.2, 0) is 0 Å². The van der Waals surface area contributed by atoms with Gasteiger partial charge in [0.2, 0.25) is 0 Å². The number of thioether (sulfide) groups is 1. The molecule has 2 nitrogen and oxygen atoms in total. The van der Waals surface area contributed by atoms with Gasteiger partial charge in [-0.25, -0.2) is 0 Å². The largest absolute Gasteiger partial charge is 0.399 e. The lowest BCUT2D eigenvalue weighted by molar-refractivity contribution is -0.139. The Morgan fingerprint density at radius 2 is 1.80 bits per heavy atom. The van der Waals surface area contributed by atoms with E-state index in [0.717, 1.165) is 29.7 Å². The van der Waals surface area contributed by atoms with Crippen LogP contribution in [0, 0.1) is 6.92 Å². The number of benzene rings is 2. The van der Waals surface area contributed by atoms with Gasteiger partial charge in [-0.05, 0) is 41.8 Å². The quantitative estimate of drug-likeness (QED) is 0.447. The van der Waals surface area contributed by atoms with Crippen LogP contribution in [0.1, 0.15) is 33.0 Å². The number of nitrogens with one attached hydrogen (secondary N) is 1. The molecule has 1 amide bonds. The average Bonchev–Trinajstić information content (AvgIpc) is 2.61. The van der Waals surface area contributed by atoms with Gasteiger partial charge in [0, 0.05) is 23.1 Å². The lowest BCUT2D eigenvalue weighted by atomic mass is 9.96. The minimum absolute atomic E-state index is 0.0111. The van der Waals surface area contributed by atoms with Gasteiger partial charge >= 0.3 is 6.18 Å². The number of amides is 1. The van der Waals surface area contributed by atoms with Crippen molar-refractivity contribution in [1.82, 2.24) is 5.32 Å². The third kappa shape index (κ3) is 5.47. The molecule has 2 aromatic rings. The molecule has 0 aliphatic carbocycles. The summed E-state index contributed by atoms with van der Waals surface area (Å²) in [4.78, 5) is 12.3. The Balaban J connectivity index is 1.84. The maximum Gasteiger partial charge on any atom is 0.399 e. The fraction of sp³-hybridized carbons (Fsp3) is 0.286. The second-order valence-electron chi connectivity index (χ2n) is 6.96. The normalized spacial score (nSPS) is 15.8. The second-order valence-corrected chi connectivity index (χ2v) is 9.23. The highest BCUT2D eigenvalue weighted by Crippen LogP contribution is 2.41. The van der Waals surface area contributed by atoms with E-state index < -0.39 is 12.1 Å². The van der Waals surface area contributed by atoms with Gasteiger partial charge < -0.3 is 5.32 Å². The van der Waals surface area contributed by atoms with Crippen LogP contribution in [0.4, 0.5) is 13.2 Å². The molecule has 1 saturated heterocycles. The van der Waals surface area contributed by atoms with E-state index >= 15 is 0 Å². The van der Waals surface area contributed by atoms with Crippen LogP contribution in [0.3, 0.4) is 0 Å². The molecule has 30 heavy (non-hydrogen) atoms. The van der Waals surface area contributed by atoms with Crippen molar-refractivity contribution in [3.63, 3.8) is 0 Å². The molecule has 1 heterocycles. The fourth-order valence-corrected chi connectivity index (χ4v) is 4.25. The highest BCUT2D eigenvalue weighted by Gasteiger charge is 2.39. The maximum atomic E-state index is 13.7. The summed E-state index contributed by atoms with van der Waals surface area (Å²) in [6.45, 7) is 1.75. The van der Waals surface area contributed by atoms with E-state index in [4.69, 9.17) is 34.8 Å². The highest BCUT2D eigenvalue weighted by atomic mass is 35.5. The summed E-state index contributed by atoms with van der Waals surface area (Å²) in [7, 11) is 0. The van der Waals surface area contributed by atoms with Crippen LogP contribution in [0.25, 0.3) is 6.08 Å². The lowest BCUT2D eigenvalue weighted by Gasteiger charge is -2.26. The standard InChI is InChI=1S/C21H17Cl3F3NOS/c1-11-6-12(2-4-15(11)20(29)28-14-9-30-10-14)3-5-16(21(25,26)27)13-7-17(22)19(24)18(23)8-13/h2-8,14,16H,9-10H2,1H3,(H,28,29)/b5-3+. The van der Waals surface area contributed by atoms with Crippen LogP contribution in [0.2, 0.25) is 15.1 Å². The Morgan fingerprint density at radius 3 is 2.30 bits per heavy atom. The van der Waals surface area contributed by atoms with Crippen LogP contribution in [0.15, 0.2) is 36.4 Å².